The van der Waals surface area contributed by atoms with Crippen molar-refractivity contribution in [2.24, 2.45) is 0 Å². The fourth-order valence-corrected chi connectivity index (χ4v) is 1.59. The van der Waals surface area contributed by atoms with Gasteiger partial charge in [-0.15, -0.1) is 0 Å². The smallest absolute Gasteiger partial charge is 0.0793 e. The average molecular weight is 203 g/mol. The lowest BCUT2D eigenvalue weighted by Crippen LogP contribution is -3.10. The van der Waals surface area contributed by atoms with E-state index in [1.165, 1.54) is 38.9 Å². The molecule has 0 radical (unpaired) electrons. The summed E-state index contributed by atoms with van der Waals surface area (Å²) in [7, 11) is 1.78. The molecule has 84 valence electrons. The van der Waals surface area contributed by atoms with Crippen LogP contribution in [0.1, 0.15) is 26.2 Å². The second-order valence-electron chi connectivity index (χ2n) is 3.55. The lowest BCUT2D eigenvalue weighted by Gasteiger charge is -2.10. The zero-order valence-electron chi connectivity index (χ0n) is 9.17. The van der Waals surface area contributed by atoms with Crippen LogP contribution in [0.4, 0.5) is 0 Å². The number of methoxy groups -OCH3 is 1. The summed E-state index contributed by atoms with van der Waals surface area (Å²) >= 11 is 0. The van der Waals surface area contributed by atoms with Crippen molar-refractivity contribution in [2.75, 3.05) is 33.4 Å². The molecule has 1 rings (SSSR count). The van der Waals surface area contributed by atoms with Crippen LogP contribution in [0.15, 0.2) is 0 Å². The van der Waals surface area contributed by atoms with Crippen LogP contribution in [-0.2, 0) is 9.53 Å². The van der Waals surface area contributed by atoms with E-state index in [9.17, 15) is 0 Å². The number of aliphatic carboxylic acids is 1. The Balaban J connectivity index is 0.000000364. The zero-order valence-corrected chi connectivity index (χ0v) is 9.17. The molecule has 14 heavy (non-hydrogen) atoms. The van der Waals surface area contributed by atoms with Crippen molar-refractivity contribution in [1.82, 2.24) is 0 Å². The van der Waals surface area contributed by atoms with Crippen LogP contribution < -0.4 is 10.0 Å². The highest BCUT2D eigenvalue weighted by atomic mass is 16.5. The van der Waals surface area contributed by atoms with Crippen LogP contribution in [0.3, 0.4) is 0 Å². The molecule has 1 heterocycles. The zero-order chi connectivity index (χ0) is 10.8. The van der Waals surface area contributed by atoms with Gasteiger partial charge in [0.1, 0.15) is 0 Å². The maximum absolute atomic E-state index is 8.89. The predicted octanol–water partition coefficient (Wildman–Crippen LogP) is -1.54. The molecule has 0 aromatic carbocycles. The fraction of sp³-hybridized carbons (Fsp3) is 0.900. The Bertz CT molecular complexity index is 140. The van der Waals surface area contributed by atoms with Crippen molar-refractivity contribution in [3.63, 3.8) is 0 Å². The van der Waals surface area contributed by atoms with Crippen molar-refractivity contribution >= 4 is 5.97 Å². The van der Waals surface area contributed by atoms with Gasteiger partial charge in [0.25, 0.3) is 0 Å². The Morgan fingerprint density at radius 1 is 1.43 bits per heavy atom. The number of ether oxygens (including phenoxy) is 1. The molecule has 0 bridgehead atoms. The van der Waals surface area contributed by atoms with Gasteiger partial charge < -0.3 is 19.5 Å². The third kappa shape index (κ3) is 9.48. The van der Waals surface area contributed by atoms with E-state index in [2.05, 4.69) is 0 Å². The van der Waals surface area contributed by atoms with E-state index in [1.807, 2.05) is 0 Å². The summed E-state index contributed by atoms with van der Waals surface area (Å²) in [6, 6.07) is 0. The van der Waals surface area contributed by atoms with Gasteiger partial charge in [0.15, 0.2) is 0 Å². The third-order valence-electron chi connectivity index (χ3n) is 2.19. The summed E-state index contributed by atoms with van der Waals surface area (Å²) in [5, 5.41) is 8.89. The minimum absolute atomic E-state index is 0.934. The molecule has 0 spiro atoms. The maximum atomic E-state index is 8.89. The molecule has 0 amide bonds. The van der Waals surface area contributed by atoms with Gasteiger partial charge in [-0.2, -0.15) is 0 Å². The van der Waals surface area contributed by atoms with Crippen LogP contribution in [0.5, 0.6) is 0 Å². The predicted molar refractivity (Wildman–Crippen MR) is 52.0 cm³/mol. The number of quaternary nitrogens is 1. The van der Waals surface area contributed by atoms with Crippen molar-refractivity contribution in [2.45, 2.75) is 26.2 Å². The van der Waals surface area contributed by atoms with Crippen LogP contribution >= 0.6 is 0 Å². The van der Waals surface area contributed by atoms with Gasteiger partial charge in [-0.05, 0) is 6.92 Å². The fourth-order valence-electron chi connectivity index (χ4n) is 1.59. The van der Waals surface area contributed by atoms with Gasteiger partial charge in [-0.1, -0.05) is 0 Å². The van der Waals surface area contributed by atoms with Crippen LogP contribution in [0, 0.1) is 0 Å². The molecule has 4 heteroatoms. The molecular weight excluding hydrogens is 182 g/mol. The molecule has 0 aliphatic carbocycles. The van der Waals surface area contributed by atoms with E-state index in [0.717, 1.165) is 13.5 Å². The van der Waals surface area contributed by atoms with Crippen LogP contribution in [0.2, 0.25) is 0 Å². The summed E-state index contributed by atoms with van der Waals surface area (Å²) in [4.78, 5) is 10.7. The SMILES string of the molecule is CC(=O)[O-].COCCC[NH+]1CCCC1. The summed E-state index contributed by atoms with van der Waals surface area (Å²) in [5.74, 6) is -1.08. The number of likely N-dealkylation sites (tertiary alicyclic amines) is 1. The Labute approximate surface area is 85.9 Å². The Hall–Kier alpha value is -0.610. The number of carboxylic acid groups (broad SMARTS) is 1. The molecule has 0 atom stereocenters. The Kier molecular flexibility index (Phi) is 8.57. The molecule has 0 aromatic heterocycles. The summed E-state index contributed by atoms with van der Waals surface area (Å²) in [5.41, 5.74) is 0. The first-order valence-electron chi connectivity index (χ1n) is 5.17. The Morgan fingerprint density at radius 3 is 2.36 bits per heavy atom. The van der Waals surface area contributed by atoms with E-state index in [0.29, 0.717) is 0 Å². The summed E-state index contributed by atoms with van der Waals surface area (Å²) in [6.45, 7) is 6.00. The lowest BCUT2D eigenvalue weighted by atomic mass is 10.4. The first kappa shape index (κ1) is 13.4. The van der Waals surface area contributed by atoms with E-state index < -0.39 is 5.97 Å². The summed E-state index contributed by atoms with van der Waals surface area (Å²) < 4.78 is 4.99. The lowest BCUT2D eigenvalue weighted by molar-refractivity contribution is -0.887. The molecular formula is C10H21NO3. The summed E-state index contributed by atoms with van der Waals surface area (Å²) in [6.07, 6.45) is 4.09. The molecule has 1 aliphatic rings. The first-order chi connectivity index (χ1) is 6.66. The second kappa shape index (κ2) is 8.97. The van der Waals surface area contributed by atoms with Crippen LogP contribution in [0.25, 0.3) is 0 Å². The van der Waals surface area contributed by atoms with Gasteiger partial charge in [0.2, 0.25) is 0 Å². The molecule has 1 N–H and O–H groups in total. The van der Waals surface area contributed by atoms with E-state index in [4.69, 9.17) is 14.6 Å². The minimum atomic E-state index is -1.08. The molecule has 1 aliphatic heterocycles. The number of hydrogen-bond donors (Lipinski definition) is 1. The number of carbonyl (C=O) groups excluding carboxylic acids is 1. The maximum Gasteiger partial charge on any atom is 0.0793 e. The normalized spacial score (nSPS) is 16.1. The van der Waals surface area contributed by atoms with Crippen LogP contribution in [-0.4, -0.2) is 39.3 Å². The molecule has 0 unspecified atom stereocenters. The standard InChI is InChI=1S/C8H17NO.C2H4O2/c1-10-8-4-7-9-5-2-3-6-9;1-2(3)4/h2-8H2,1H3;1H3,(H,3,4). The van der Waals surface area contributed by atoms with E-state index >= 15 is 0 Å². The van der Waals surface area contributed by atoms with Crippen molar-refractivity contribution in [3.05, 3.63) is 0 Å². The monoisotopic (exact) mass is 203 g/mol. The quantitative estimate of drug-likeness (QED) is 0.563. The molecule has 4 nitrogen and oxygen atoms in total. The van der Waals surface area contributed by atoms with Gasteiger partial charge in [-0.3, -0.25) is 0 Å². The van der Waals surface area contributed by atoms with Gasteiger partial charge >= 0.3 is 0 Å². The number of nitrogens with one attached hydrogen (secondary N) is 1. The molecule has 1 fully saturated rings. The van der Waals surface area contributed by atoms with Crippen molar-refractivity contribution in [1.29, 1.82) is 0 Å². The number of carbonyl (C=O) groups is 1. The highest BCUT2D eigenvalue weighted by Gasteiger charge is 2.13. The van der Waals surface area contributed by atoms with Gasteiger partial charge in [0.05, 0.1) is 26.2 Å². The van der Waals surface area contributed by atoms with Gasteiger partial charge in [0, 0.05) is 32.3 Å². The first-order valence-corrected chi connectivity index (χ1v) is 5.17. The number of rotatable bonds is 4. The number of hydrogen-bond acceptors (Lipinski definition) is 3. The molecule has 0 saturated carbocycles. The Morgan fingerprint density at radius 2 is 1.93 bits per heavy atom. The highest BCUT2D eigenvalue weighted by Crippen LogP contribution is 1.87. The minimum Gasteiger partial charge on any atom is -0.550 e. The van der Waals surface area contributed by atoms with E-state index in [1.54, 1.807) is 12.0 Å². The average Bonchev–Trinajstić information content (AvgIpc) is 2.56. The largest absolute Gasteiger partial charge is 0.550 e. The number of carboxylic acids is 1. The van der Waals surface area contributed by atoms with E-state index in [-0.39, 0.29) is 0 Å². The van der Waals surface area contributed by atoms with Gasteiger partial charge in [-0.25, -0.2) is 0 Å². The second-order valence-corrected chi connectivity index (χ2v) is 3.55. The molecule has 1 saturated heterocycles. The molecule has 0 aromatic rings. The van der Waals surface area contributed by atoms with Crippen molar-refractivity contribution < 1.29 is 19.5 Å². The van der Waals surface area contributed by atoms with Crippen molar-refractivity contribution in [3.8, 4) is 0 Å². The third-order valence-corrected chi connectivity index (χ3v) is 2.19. The topological polar surface area (TPSA) is 53.8 Å². The highest BCUT2D eigenvalue weighted by molar-refractivity contribution is 5.60.